The van der Waals surface area contributed by atoms with Crippen LogP contribution in [0.4, 0.5) is 0 Å². The van der Waals surface area contributed by atoms with E-state index < -0.39 is 0 Å². The van der Waals surface area contributed by atoms with Crippen LogP contribution in [0.5, 0.6) is 5.75 Å². The quantitative estimate of drug-likeness (QED) is 0.582. The third kappa shape index (κ3) is 2.83. The van der Waals surface area contributed by atoms with Crippen molar-refractivity contribution >= 4 is 11.9 Å². The second-order valence-corrected chi connectivity index (χ2v) is 8.59. The van der Waals surface area contributed by atoms with Crippen molar-refractivity contribution in [3.8, 4) is 5.75 Å². The summed E-state index contributed by atoms with van der Waals surface area (Å²) in [5.41, 5.74) is 2.90. The van der Waals surface area contributed by atoms with Crippen LogP contribution >= 0.6 is 0 Å². The van der Waals surface area contributed by atoms with Gasteiger partial charge in [-0.05, 0) is 79.5 Å². The van der Waals surface area contributed by atoms with Gasteiger partial charge in [-0.2, -0.15) is 0 Å². The molecule has 1 aromatic rings. The highest BCUT2D eigenvalue weighted by Gasteiger charge is 2.56. The first kappa shape index (κ1) is 17.6. The molecule has 0 amide bonds. The molecular weight excluding hydrogens is 328 g/mol. The van der Waals surface area contributed by atoms with Gasteiger partial charge >= 0.3 is 11.9 Å². The number of ether oxygens (including phenoxy) is 2. The highest BCUT2D eigenvalue weighted by Crippen LogP contribution is 2.61. The molecule has 2 fully saturated rings. The highest BCUT2D eigenvalue weighted by atomic mass is 16.5. The number of carbonyl (C=O) groups excluding carboxylic acids is 2. The molecule has 2 saturated carbocycles. The van der Waals surface area contributed by atoms with Crippen LogP contribution in [0.3, 0.4) is 0 Å². The lowest BCUT2D eigenvalue weighted by Gasteiger charge is -2.50. The summed E-state index contributed by atoms with van der Waals surface area (Å²) in [6, 6.07) is 6.16. The Morgan fingerprint density at radius 1 is 1.08 bits per heavy atom. The fourth-order valence-corrected chi connectivity index (χ4v) is 6.13. The molecule has 0 aliphatic heterocycles. The van der Waals surface area contributed by atoms with Crippen molar-refractivity contribution in [3.05, 3.63) is 29.3 Å². The minimum atomic E-state index is -0.269. The van der Waals surface area contributed by atoms with Gasteiger partial charge in [-0.25, -0.2) is 0 Å². The number of rotatable bonds is 2. The minimum absolute atomic E-state index is 0.0821. The number of carbonyl (C=O) groups is 2. The van der Waals surface area contributed by atoms with E-state index in [1.807, 2.05) is 6.07 Å². The molecule has 0 aromatic heterocycles. The molecule has 4 heteroatoms. The van der Waals surface area contributed by atoms with Gasteiger partial charge in [0.1, 0.15) is 11.9 Å². The molecule has 4 rings (SSSR count). The monoisotopic (exact) mass is 356 g/mol. The number of hydrogen-bond acceptors (Lipinski definition) is 4. The minimum Gasteiger partial charge on any atom is -0.462 e. The van der Waals surface area contributed by atoms with Gasteiger partial charge in [0.2, 0.25) is 0 Å². The van der Waals surface area contributed by atoms with Gasteiger partial charge in [0, 0.05) is 19.3 Å². The largest absolute Gasteiger partial charge is 0.462 e. The first-order valence-corrected chi connectivity index (χ1v) is 9.87. The van der Waals surface area contributed by atoms with E-state index in [0.717, 1.165) is 32.1 Å². The van der Waals surface area contributed by atoms with Gasteiger partial charge in [0.15, 0.2) is 0 Å². The predicted molar refractivity (Wildman–Crippen MR) is 97.9 cm³/mol. The molecule has 26 heavy (non-hydrogen) atoms. The van der Waals surface area contributed by atoms with Crippen LogP contribution in [0, 0.1) is 17.3 Å². The summed E-state index contributed by atoms with van der Waals surface area (Å²) >= 11 is 0. The number of fused-ring (bicyclic) bond motifs is 5. The van der Waals surface area contributed by atoms with Crippen LogP contribution < -0.4 is 4.74 Å². The molecule has 0 saturated heterocycles. The van der Waals surface area contributed by atoms with E-state index in [4.69, 9.17) is 9.47 Å². The van der Waals surface area contributed by atoms with Crippen molar-refractivity contribution in [2.75, 3.05) is 0 Å². The molecule has 0 radical (unpaired) electrons. The second-order valence-electron chi connectivity index (χ2n) is 8.59. The number of benzene rings is 1. The summed E-state index contributed by atoms with van der Waals surface area (Å²) in [7, 11) is 0. The van der Waals surface area contributed by atoms with E-state index in [9.17, 15) is 9.59 Å². The molecule has 5 atom stereocenters. The maximum absolute atomic E-state index is 11.5. The summed E-state index contributed by atoms with van der Waals surface area (Å²) < 4.78 is 11.0. The van der Waals surface area contributed by atoms with Crippen molar-refractivity contribution in [1.29, 1.82) is 0 Å². The van der Waals surface area contributed by atoms with Gasteiger partial charge < -0.3 is 9.47 Å². The molecule has 0 N–H and O–H groups in total. The van der Waals surface area contributed by atoms with Crippen molar-refractivity contribution < 1.29 is 19.1 Å². The lowest BCUT2D eigenvalue weighted by molar-refractivity contribution is -0.154. The zero-order valence-electron chi connectivity index (χ0n) is 15.9. The summed E-state index contributed by atoms with van der Waals surface area (Å²) in [5.74, 6) is 2.12. The summed E-state index contributed by atoms with van der Waals surface area (Å²) in [5, 5.41) is 0. The van der Waals surface area contributed by atoms with Crippen molar-refractivity contribution in [1.82, 2.24) is 0 Å². The Balaban J connectivity index is 1.58. The zero-order valence-corrected chi connectivity index (χ0v) is 15.9. The van der Waals surface area contributed by atoms with Crippen molar-refractivity contribution in [3.63, 3.8) is 0 Å². The number of hydrogen-bond donors (Lipinski definition) is 0. The van der Waals surface area contributed by atoms with Gasteiger partial charge in [0.05, 0.1) is 0 Å². The van der Waals surface area contributed by atoms with Crippen LogP contribution in [-0.2, 0) is 20.7 Å². The van der Waals surface area contributed by atoms with Gasteiger partial charge in [0.25, 0.3) is 0 Å². The molecule has 3 aliphatic carbocycles. The molecule has 0 heterocycles. The molecule has 0 unspecified atom stereocenters. The van der Waals surface area contributed by atoms with E-state index in [0.29, 0.717) is 23.5 Å². The zero-order chi connectivity index (χ0) is 18.5. The Bertz CT molecular complexity index is 740. The lowest BCUT2D eigenvalue weighted by Crippen LogP contribution is -2.45. The maximum atomic E-state index is 11.5. The van der Waals surface area contributed by atoms with Crippen LogP contribution in [0.1, 0.15) is 69.9 Å². The van der Waals surface area contributed by atoms with Crippen LogP contribution in [0.2, 0.25) is 0 Å². The Labute approximate surface area is 155 Å². The van der Waals surface area contributed by atoms with Crippen LogP contribution in [0.15, 0.2) is 18.2 Å². The van der Waals surface area contributed by atoms with E-state index in [2.05, 4.69) is 19.1 Å². The Hall–Kier alpha value is -1.84. The normalized spacial score (nSPS) is 35.0. The second kappa shape index (κ2) is 6.40. The Kier molecular flexibility index (Phi) is 4.32. The van der Waals surface area contributed by atoms with Crippen LogP contribution in [0.25, 0.3) is 0 Å². The van der Waals surface area contributed by atoms with Crippen molar-refractivity contribution in [2.45, 2.75) is 71.3 Å². The van der Waals surface area contributed by atoms with E-state index in [-0.39, 0.29) is 23.5 Å². The SMILES string of the molecule is CC(=O)Oc1ccc2c(c1)CC[C@@H]1[C@@H]2CC[C@@]2(C)[C@@H](OC(C)=O)CC[C@H]12. The average Bonchev–Trinajstić information content (AvgIpc) is 2.90. The summed E-state index contributed by atoms with van der Waals surface area (Å²) in [6.07, 6.45) is 6.72. The summed E-state index contributed by atoms with van der Waals surface area (Å²) in [6.45, 7) is 5.31. The van der Waals surface area contributed by atoms with Crippen LogP contribution in [-0.4, -0.2) is 18.0 Å². The standard InChI is InChI=1S/C22H28O4/c1-13(23)25-16-5-7-17-15(12-16)4-6-19-18(17)10-11-22(3)20(19)8-9-21(22)26-14(2)24/h5,7,12,18-21H,4,6,8-11H2,1-3H3/t18-,19-,20-,21+,22-/m1/s1. The Morgan fingerprint density at radius 3 is 2.62 bits per heavy atom. The van der Waals surface area contributed by atoms with E-state index in [1.165, 1.54) is 31.4 Å². The lowest BCUT2D eigenvalue weighted by atomic mass is 9.55. The molecule has 140 valence electrons. The number of aryl methyl sites for hydroxylation is 1. The fraction of sp³-hybridized carbons (Fsp3) is 0.636. The highest BCUT2D eigenvalue weighted by molar-refractivity contribution is 5.69. The van der Waals surface area contributed by atoms with Gasteiger partial charge in [-0.1, -0.05) is 13.0 Å². The molecule has 4 nitrogen and oxygen atoms in total. The molecule has 1 aromatic carbocycles. The van der Waals surface area contributed by atoms with E-state index >= 15 is 0 Å². The predicted octanol–water partition coefficient (Wildman–Crippen LogP) is 4.40. The molecule has 0 spiro atoms. The van der Waals surface area contributed by atoms with Crippen molar-refractivity contribution in [2.24, 2.45) is 17.3 Å². The first-order valence-electron chi connectivity index (χ1n) is 9.87. The third-order valence-corrected chi connectivity index (χ3v) is 7.18. The maximum Gasteiger partial charge on any atom is 0.308 e. The van der Waals surface area contributed by atoms with Gasteiger partial charge in [-0.3, -0.25) is 9.59 Å². The van der Waals surface area contributed by atoms with Gasteiger partial charge in [-0.15, -0.1) is 0 Å². The third-order valence-electron chi connectivity index (χ3n) is 7.18. The van der Waals surface area contributed by atoms with E-state index in [1.54, 1.807) is 0 Å². The fourth-order valence-electron chi connectivity index (χ4n) is 6.13. The topological polar surface area (TPSA) is 52.6 Å². The number of esters is 2. The molecule has 0 bridgehead atoms. The molecule has 3 aliphatic rings. The smallest absolute Gasteiger partial charge is 0.308 e. The Morgan fingerprint density at radius 2 is 1.88 bits per heavy atom. The first-order chi connectivity index (χ1) is 12.4. The molecular formula is C22H28O4. The average molecular weight is 356 g/mol. The summed E-state index contributed by atoms with van der Waals surface area (Å²) in [4.78, 5) is 22.7.